The van der Waals surface area contributed by atoms with Gasteiger partial charge in [-0.1, -0.05) is 23.8 Å². The second kappa shape index (κ2) is 4.42. The third-order valence-electron chi connectivity index (χ3n) is 2.60. The number of hydrogen-bond acceptors (Lipinski definition) is 3. The number of nitrogens with one attached hydrogen (secondary N) is 1. The zero-order valence-electron chi connectivity index (χ0n) is 9.68. The van der Waals surface area contributed by atoms with Crippen LogP contribution in [0.2, 0.25) is 5.15 Å². The molecule has 0 amide bonds. The highest BCUT2D eigenvalue weighted by atomic mass is 35.5. The van der Waals surface area contributed by atoms with Crippen molar-refractivity contribution in [2.45, 2.75) is 32.6 Å². The van der Waals surface area contributed by atoms with Crippen LogP contribution in [0, 0.1) is 6.92 Å². The lowest BCUT2D eigenvalue weighted by molar-refractivity contribution is 0.915. The summed E-state index contributed by atoms with van der Waals surface area (Å²) < 4.78 is 0. The summed E-state index contributed by atoms with van der Waals surface area (Å²) in [6, 6.07) is 0. The molecule has 1 N–H and O–H groups in total. The smallest absolute Gasteiger partial charge is 0.137 e. The van der Waals surface area contributed by atoms with Gasteiger partial charge in [-0.25, -0.2) is 9.97 Å². The van der Waals surface area contributed by atoms with Crippen LogP contribution < -0.4 is 5.32 Å². The van der Waals surface area contributed by atoms with Crippen LogP contribution in [0.5, 0.6) is 0 Å². The summed E-state index contributed by atoms with van der Waals surface area (Å²) in [6.07, 6.45) is 2.36. The minimum absolute atomic E-state index is 0.517. The lowest BCUT2D eigenvalue weighted by atomic mass is 10.3. The Bertz CT molecular complexity index is 425. The molecule has 0 radical (unpaired) electrons. The molecule has 0 bridgehead atoms. The summed E-state index contributed by atoms with van der Waals surface area (Å²) in [5.41, 5.74) is 1.98. The number of hydrogen-bond donors (Lipinski definition) is 1. The van der Waals surface area contributed by atoms with Gasteiger partial charge in [0.15, 0.2) is 0 Å². The monoisotopic (exact) mass is 237 g/mol. The van der Waals surface area contributed by atoms with Crippen LogP contribution in [0.4, 0.5) is 5.82 Å². The fourth-order valence-electron chi connectivity index (χ4n) is 1.44. The van der Waals surface area contributed by atoms with E-state index in [0.717, 1.165) is 29.3 Å². The van der Waals surface area contributed by atoms with Crippen LogP contribution in [-0.2, 0) is 0 Å². The Balaban J connectivity index is 2.23. The van der Waals surface area contributed by atoms with Gasteiger partial charge >= 0.3 is 0 Å². The van der Waals surface area contributed by atoms with Crippen LogP contribution in [0.1, 0.15) is 37.1 Å². The number of nitrogens with zero attached hydrogens (tertiary/aromatic N) is 2. The van der Waals surface area contributed by atoms with Crippen LogP contribution in [0.3, 0.4) is 0 Å². The first kappa shape index (κ1) is 11.4. The van der Waals surface area contributed by atoms with Gasteiger partial charge < -0.3 is 5.32 Å². The Morgan fingerprint density at radius 2 is 2.19 bits per heavy atom. The van der Waals surface area contributed by atoms with E-state index < -0.39 is 0 Å². The highest BCUT2D eigenvalue weighted by molar-refractivity contribution is 6.30. The average molecular weight is 238 g/mol. The van der Waals surface area contributed by atoms with Crippen LogP contribution in [0.15, 0.2) is 12.2 Å². The summed E-state index contributed by atoms with van der Waals surface area (Å²) in [5, 5.41) is 3.80. The Morgan fingerprint density at radius 3 is 2.75 bits per heavy atom. The summed E-state index contributed by atoms with van der Waals surface area (Å²) in [7, 11) is 0. The molecule has 0 atom stereocenters. The third kappa shape index (κ3) is 2.53. The second-order valence-corrected chi connectivity index (χ2v) is 4.79. The van der Waals surface area contributed by atoms with Gasteiger partial charge in [0.1, 0.15) is 16.8 Å². The van der Waals surface area contributed by atoms with Crippen molar-refractivity contribution in [1.82, 2.24) is 9.97 Å². The van der Waals surface area contributed by atoms with Crippen molar-refractivity contribution in [3.8, 4) is 0 Å². The van der Waals surface area contributed by atoms with E-state index in [-0.39, 0.29) is 0 Å². The molecule has 1 heterocycles. The van der Waals surface area contributed by atoms with E-state index in [1.807, 2.05) is 13.8 Å². The van der Waals surface area contributed by atoms with Gasteiger partial charge in [0.05, 0.1) is 0 Å². The predicted molar refractivity (Wildman–Crippen MR) is 67.1 cm³/mol. The van der Waals surface area contributed by atoms with Crippen LogP contribution in [0.25, 0.3) is 0 Å². The van der Waals surface area contributed by atoms with Crippen molar-refractivity contribution < 1.29 is 0 Å². The lowest BCUT2D eigenvalue weighted by Gasteiger charge is -2.10. The van der Waals surface area contributed by atoms with Crippen molar-refractivity contribution >= 4 is 17.4 Å². The first-order valence-electron chi connectivity index (χ1n) is 5.50. The maximum atomic E-state index is 6.09. The van der Waals surface area contributed by atoms with Crippen LogP contribution in [-0.4, -0.2) is 16.5 Å². The molecule has 0 aliphatic heterocycles. The zero-order chi connectivity index (χ0) is 11.7. The molecule has 4 heteroatoms. The van der Waals surface area contributed by atoms with Gasteiger partial charge in [0.2, 0.25) is 0 Å². The largest absolute Gasteiger partial charge is 0.366 e. The van der Waals surface area contributed by atoms with Crippen molar-refractivity contribution in [1.29, 1.82) is 0 Å². The van der Waals surface area contributed by atoms with E-state index in [9.17, 15) is 0 Å². The summed E-state index contributed by atoms with van der Waals surface area (Å²) in [6.45, 7) is 8.48. The van der Waals surface area contributed by atoms with Gasteiger partial charge in [-0.15, -0.1) is 0 Å². The standard InChI is InChI=1S/C12H16ClN3/c1-7(2)6-14-11-8(3)10(13)15-12(16-11)9-4-5-9/h9H,1,4-6H2,2-3H3,(H,14,15,16). The fraction of sp³-hybridized carbons (Fsp3) is 0.500. The molecule has 0 unspecified atom stereocenters. The molecule has 3 nitrogen and oxygen atoms in total. The minimum Gasteiger partial charge on any atom is -0.366 e. The second-order valence-electron chi connectivity index (χ2n) is 4.43. The Labute approximate surface area is 101 Å². The van der Waals surface area contributed by atoms with E-state index in [1.54, 1.807) is 0 Å². The third-order valence-corrected chi connectivity index (χ3v) is 2.97. The Kier molecular flexibility index (Phi) is 3.15. The van der Waals surface area contributed by atoms with Crippen molar-refractivity contribution in [2.75, 3.05) is 11.9 Å². The van der Waals surface area contributed by atoms with Gasteiger partial charge in [0.25, 0.3) is 0 Å². The zero-order valence-corrected chi connectivity index (χ0v) is 10.4. The van der Waals surface area contributed by atoms with Crippen molar-refractivity contribution in [3.63, 3.8) is 0 Å². The molecular formula is C12H16ClN3. The molecule has 0 spiro atoms. The summed E-state index contributed by atoms with van der Waals surface area (Å²) >= 11 is 6.09. The van der Waals surface area contributed by atoms with Crippen molar-refractivity contribution in [2.24, 2.45) is 0 Å². The molecule has 86 valence electrons. The number of anilines is 1. The maximum Gasteiger partial charge on any atom is 0.137 e. The molecule has 0 saturated heterocycles. The van der Waals surface area contributed by atoms with Gasteiger partial charge in [-0.05, 0) is 26.7 Å². The quantitative estimate of drug-likeness (QED) is 0.645. The van der Waals surface area contributed by atoms with Gasteiger partial charge in [-0.2, -0.15) is 0 Å². The molecule has 1 fully saturated rings. The highest BCUT2D eigenvalue weighted by Gasteiger charge is 2.27. The first-order valence-corrected chi connectivity index (χ1v) is 5.88. The Hall–Kier alpha value is -1.09. The first-order chi connectivity index (χ1) is 7.58. The maximum absolute atomic E-state index is 6.09. The molecule has 1 saturated carbocycles. The molecule has 16 heavy (non-hydrogen) atoms. The Morgan fingerprint density at radius 1 is 1.50 bits per heavy atom. The summed E-state index contributed by atoms with van der Waals surface area (Å²) in [4.78, 5) is 8.83. The van der Waals surface area contributed by atoms with E-state index in [4.69, 9.17) is 11.6 Å². The highest BCUT2D eigenvalue weighted by Crippen LogP contribution is 2.39. The average Bonchev–Trinajstić information content (AvgIpc) is 3.03. The number of rotatable bonds is 4. The van der Waals surface area contributed by atoms with E-state index in [0.29, 0.717) is 11.1 Å². The number of aromatic nitrogens is 2. The summed E-state index contributed by atoms with van der Waals surface area (Å²) in [5.74, 6) is 2.23. The molecule has 2 rings (SSSR count). The van der Waals surface area contributed by atoms with Crippen LogP contribution >= 0.6 is 11.6 Å². The topological polar surface area (TPSA) is 37.8 Å². The van der Waals surface area contributed by atoms with Gasteiger partial charge in [0, 0.05) is 18.0 Å². The van der Waals surface area contributed by atoms with E-state index in [1.165, 1.54) is 12.8 Å². The van der Waals surface area contributed by atoms with Gasteiger partial charge in [-0.3, -0.25) is 0 Å². The lowest BCUT2D eigenvalue weighted by Crippen LogP contribution is -2.08. The van der Waals surface area contributed by atoms with E-state index in [2.05, 4.69) is 21.9 Å². The molecule has 1 aromatic heterocycles. The predicted octanol–water partition coefficient (Wildman–Crippen LogP) is 3.30. The molecule has 1 aromatic rings. The fourth-order valence-corrected chi connectivity index (χ4v) is 1.61. The van der Waals surface area contributed by atoms with E-state index >= 15 is 0 Å². The molecular weight excluding hydrogens is 222 g/mol. The molecule has 1 aliphatic carbocycles. The molecule has 1 aliphatic rings. The molecule has 0 aromatic carbocycles. The SMILES string of the molecule is C=C(C)CNc1nc(C2CC2)nc(Cl)c1C. The normalized spacial score (nSPS) is 14.9. The number of halogens is 1. The minimum atomic E-state index is 0.517. The van der Waals surface area contributed by atoms with Crippen molar-refractivity contribution in [3.05, 3.63) is 28.7 Å².